The first-order valence-electron chi connectivity index (χ1n) is 6.36. The Bertz CT molecular complexity index is 520. The molecule has 1 aromatic rings. The van der Waals surface area contributed by atoms with Gasteiger partial charge in [-0.05, 0) is 24.6 Å². The number of rotatable bonds is 3. The minimum atomic E-state index is -1.04. The zero-order valence-corrected chi connectivity index (χ0v) is 11.8. The van der Waals surface area contributed by atoms with Crippen LogP contribution in [0.3, 0.4) is 0 Å². The minimum absolute atomic E-state index is 0.0824. The number of benzene rings is 1. The number of halogens is 1. The van der Waals surface area contributed by atoms with E-state index in [4.69, 9.17) is 21.4 Å². The smallest absolute Gasteiger partial charge is 0.334 e. The quantitative estimate of drug-likeness (QED) is 0.920. The number of carboxylic acids is 1. The van der Waals surface area contributed by atoms with E-state index in [0.29, 0.717) is 11.6 Å². The summed E-state index contributed by atoms with van der Waals surface area (Å²) in [5.41, 5.74) is 0.813. The average molecular weight is 298 g/mol. The van der Waals surface area contributed by atoms with E-state index >= 15 is 0 Å². The summed E-state index contributed by atoms with van der Waals surface area (Å²) in [6, 6.07) is 7.08. The van der Waals surface area contributed by atoms with Gasteiger partial charge in [-0.15, -0.1) is 0 Å². The van der Waals surface area contributed by atoms with E-state index in [9.17, 15) is 9.59 Å². The number of aliphatic carboxylic acids is 1. The summed E-state index contributed by atoms with van der Waals surface area (Å²) in [4.78, 5) is 24.8. The zero-order chi connectivity index (χ0) is 14.7. The molecule has 2 atom stereocenters. The monoisotopic (exact) mass is 297 g/mol. The van der Waals surface area contributed by atoms with Crippen LogP contribution in [0.4, 0.5) is 0 Å². The van der Waals surface area contributed by atoms with Crippen molar-refractivity contribution in [2.24, 2.45) is 0 Å². The lowest BCUT2D eigenvalue weighted by Crippen LogP contribution is -2.52. The van der Waals surface area contributed by atoms with Gasteiger partial charge < -0.3 is 14.7 Å². The van der Waals surface area contributed by atoms with Crippen LogP contribution in [0.1, 0.15) is 12.5 Å². The van der Waals surface area contributed by atoms with Gasteiger partial charge in [-0.25, -0.2) is 4.79 Å². The van der Waals surface area contributed by atoms with E-state index in [1.54, 1.807) is 25.1 Å². The Labute approximate surface area is 122 Å². The van der Waals surface area contributed by atoms with Gasteiger partial charge in [0.05, 0.1) is 19.1 Å². The van der Waals surface area contributed by atoms with E-state index in [-0.39, 0.29) is 25.0 Å². The highest BCUT2D eigenvalue weighted by molar-refractivity contribution is 6.30. The fraction of sp³-hybridized carbons (Fsp3) is 0.429. The molecule has 1 saturated heterocycles. The van der Waals surface area contributed by atoms with E-state index in [1.165, 1.54) is 4.90 Å². The number of amides is 1. The second-order valence-electron chi connectivity index (χ2n) is 4.88. The number of carboxylic acid groups (broad SMARTS) is 1. The van der Waals surface area contributed by atoms with Crippen LogP contribution in [0.25, 0.3) is 0 Å². The van der Waals surface area contributed by atoms with Gasteiger partial charge in [0.15, 0.2) is 6.10 Å². The van der Waals surface area contributed by atoms with Crippen molar-refractivity contribution >= 4 is 23.5 Å². The van der Waals surface area contributed by atoms with Crippen molar-refractivity contribution in [3.05, 3.63) is 34.9 Å². The lowest BCUT2D eigenvalue weighted by molar-refractivity contribution is -0.166. The molecular weight excluding hydrogens is 282 g/mol. The van der Waals surface area contributed by atoms with Crippen molar-refractivity contribution in [1.29, 1.82) is 0 Å². The number of ether oxygens (including phenoxy) is 1. The van der Waals surface area contributed by atoms with E-state index in [2.05, 4.69) is 0 Å². The highest BCUT2D eigenvalue weighted by Gasteiger charge is 2.32. The van der Waals surface area contributed by atoms with Crippen LogP contribution in [0.5, 0.6) is 0 Å². The Kier molecular flexibility index (Phi) is 4.62. The number of carbonyl (C=O) groups is 2. The van der Waals surface area contributed by atoms with Gasteiger partial charge in [-0.1, -0.05) is 23.7 Å². The molecule has 1 aromatic carbocycles. The Morgan fingerprint density at radius 1 is 1.45 bits per heavy atom. The summed E-state index contributed by atoms with van der Waals surface area (Å²) in [5, 5.41) is 9.58. The summed E-state index contributed by atoms with van der Waals surface area (Å²) in [7, 11) is 0. The third-order valence-corrected chi connectivity index (χ3v) is 3.37. The summed E-state index contributed by atoms with van der Waals surface area (Å²) < 4.78 is 5.28. The van der Waals surface area contributed by atoms with Crippen molar-refractivity contribution in [3.8, 4) is 0 Å². The Hall–Kier alpha value is -1.59. The molecule has 108 valence electrons. The third-order valence-electron chi connectivity index (χ3n) is 3.13. The maximum absolute atomic E-state index is 12.2. The van der Waals surface area contributed by atoms with Gasteiger partial charge in [0.2, 0.25) is 5.91 Å². The van der Waals surface area contributed by atoms with Gasteiger partial charge in [0.1, 0.15) is 0 Å². The Morgan fingerprint density at radius 2 is 2.20 bits per heavy atom. The van der Waals surface area contributed by atoms with Crippen molar-refractivity contribution in [2.75, 3.05) is 13.1 Å². The fourth-order valence-corrected chi connectivity index (χ4v) is 2.44. The van der Waals surface area contributed by atoms with Crippen molar-refractivity contribution in [2.45, 2.75) is 25.6 Å². The van der Waals surface area contributed by atoms with Crippen molar-refractivity contribution in [1.82, 2.24) is 4.90 Å². The molecule has 1 aliphatic rings. The van der Waals surface area contributed by atoms with Crippen LogP contribution in [-0.2, 0) is 20.7 Å². The van der Waals surface area contributed by atoms with E-state index < -0.39 is 12.1 Å². The maximum atomic E-state index is 12.2. The Morgan fingerprint density at radius 3 is 2.85 bits per heavy atom. The van der Waals surface area contributed by atoms with Crippen LogP contribution in [0.15, 0.2) is 24.3 Å². The molecule has 1 amide bonds. The molecule has 1 N–H and O–H groups in total. The molecule has 6 heteroatoms. The Balaban J connectivity index is 2.03. The first-order valence-corrected chi connectivity index (χ1v) is 6.74. The maximum Gasteiger partial charge on any atom is 0.334 e. The molecule has 1 fully saturated rings. The lowest BCUT2D eigenvalue weighted by atomic mass is 10.1. The number of morpholine rings is 1. The molecule has 20 heavy (non-hydrogen) atoms. The standard InChI is InChI=1S/C14H16ClNO4/c1-9-7-16(8-12(20-9)14(18)19)13(17)6-10-3-2-4-11(15)5-10/h2-5,9,12H,6-8H2,1H3,(H,18,19)/t9-,12?/m1/s1. The zero-order valence-electron chi connectivity index (χ0n) is 11.1. The summed E-state index contributed by atoms with van der Waals surface area (Å²) >= 11 is 5.88. The molecule has 2 rings (SSSR count). The van der Waals surface area contributed by atoms with Crippen LogP contribution < -0.4 is 0 Å². The molecule has 0 saturated carbocycles. The van der Waals surface area contributed by atoms with Crippen LogP contribution in [-0.4, -0.2) is 47.2 Å². The molecule has 1 aliphatic heterocycles. The SMILES string of the molecule is C[C@@H]1CN(C(=O)Cc2cccc(Cl)c2)CC(C(=O)O)O1. The predicted octanol–water partition coefficient (Wildman–Crippen LogP) is 1.58. The molecule has 1 heterocycles. The lowest BCUT2D eigenvalue weighted by Gasteiger charge is -2.35. The first kappa shape index (κ1) is 14.8. The highest BCUT2D eigenvalue weighted by Crippen LogP contribution is 2.15. The minimum Gasteiger partial charge on any atom is -0.479 e. The highest BCUT2D eigenvalue weighted by atomic mass is 35.5. The summed E-state index contributed by atoms with van der Waals surface area (Å²) in [5.74, 6) is -1.16. The first-order chi connectivity index (χ1) is 9.45. The topological polar surface area (TPSA) is 66.8 Å². The summed E-state index contributed by atoms with van der Waals surface area (Å²) in [6.45, 7) is 2.25. The largest absolute Gasteiger partial charge is 0.479 e. The number of carbonyl (C=O) groups excluding carboxylic acids is 1. The van der Waals surface area contributed by atoms with E-state index in [1.807, 2.05) is 6.07 Å². The molecule has 0 bridgehead atoms. The molecule has 0 aliphatic carbocycles. The normalized spacial score (nSPS) is 22.6. The molecule has 0 spiro atoms. The second-order valence-corrected chi connectivity index (χ2v) is 5.32. The van der Waals surface area contributed by atoms with Gasteiger partial charge in [0.25, 0.3) is 0 Å². The van der Waals surface area contributed by atoms with Gasteiger partial charge in [-0.3, -0.25) is 4.79 Å². The van der Waals surface area contributed by atoms with Gasteiger partial charge in [-0.2, -0.15) is 0 Å². The van der Waals surface area contributed by atoms with Crippen molar-refractivity contribution < 1.29 is 19.4 Å². The van der Waals surface area contributed by atoms with Crippen LogP contribution in [0.2, 0.25) is 5.02 Å². The second kappa shape index (κ2) is 6.24. The molecule has 5 nitrogen and oxygen atoms in total. The molecule has 1 unspecified atom stereocenters. The molecular formula is C14H16ClNO4. The summed E-state index contributed by atoms with van der Waals surface area (Å²) in [6.07, 6.45) is -1.03. The predicted molar refractivity (Wildman–Crippen MR) is 73.7 cm³/mol. The van der Waals surface area contributed by atoms with E-state index in [0.717, 1.165) is 5.56 Å². The van der Waals surface area contributed by atoms with Crippen LogP contribution >= 0.6 is 11.6 Å². The average Bonchev–Trinajstić information content (AvgIpc) is 2.37. The third kappa shape index (κ3) is 3.71. The van der Waals surface area contributed by atoms with Crippen molar-refractivity contribution in [3.63, 3.8) is 0 Å². The number of hydrogen-bond acceptors (Lipinski definition) is 3. The number of hydrogen-bond donors (Lipinski definition) is 1. The van der Waals surface area contributed by atoms with Gasteiger partial charge >= 0.3 is 5.97 Å². The number of nitrogens with zero attached hydrogens (tertiary/aromatic N) is 1. The molecule has 0 radical (unpaired) electrons. The van der Waals surface area contributed by atoms with Gasteiger partial charge in [0, 0.05) is 11.6 Å². The fourth-order valence-electron chi connectivity index (χ4n) is 2.22. The van der Waals surface area contributed by atoms with Crippen LogP contribution in [0, 0.1) is 0 Å². The molecule has 0 aromatic heterocycles.